The highest BCUT2D eigenvalue weighted by Crippen LogP contribution is 2.32. The molecule has 174 valence electrons. The molecule has 1 aliphatic rings. The van der Waals surface area contributed by atoms with Crippen LogP contribution >= 0.6 is 22.9 Å². The van der Waals surface area contributed by atoms with Gasteiger partial charge < -0.3 is 11.1 Å². The van der Waals surface area contributed by atoms with Gasteiger partial charge in [0.25, 0.3) is 11.5 Å². The van der Waals surface area contributed by atoms with E-state index in [1.807, 2.05) is 19.1 Å². The largest absolute Gasteiger partial charge is 0.398 e. The van der Waals surface area contributed by atoms with Crippen molar-refractivity contribution in [1.29, 1.82) is 0 Å². The summed E-state index contributed by atoms with van der Waals surface area (Å²) >= 11 is 7.26. The van der Waals surface area contributed by atoms with Crippen LogP contribution in [0.25, 0.3) is 21.5 Å². The summed E-state index contributed by atoms with van der Waals surface area (Å²) in [6, 6.07) is 11.0. The van der Waals surface area contributed by atoms with E-state index in [4.69, 9.17) is 17.3 Å². The van der Waals surface area contributed by atoms with Gasteiger partial charge in [-0.05, 0) is 49.6 Å². The van der Waals surface area contributed by atoms with Gasteiger partial charge in [-0.1, -0.05) is 36.6 Å². The van der Waals surface area contributed by atoms with Gasteiger partial charge in [0, 0.05) is 22.3 Å². The van der Waals surface area contributed by atoms with Crippen molar-refractivity contribution >= 4 is 45.4 Å². The molecule has 0 bridgehead atoms. The maximum absolute atomic E-state index is 13.3. The third kappa shape index (κ3) is 4.43. The Morgan fingerprint density at radius 3 is 2.71 bits per heavy atom. The molecule has 4 aromatic rings. The van der Waals surface area contributed by atoms with E-state index in [0.29, 0.717) is 49.4 Å². The van der Waals surface area contributed by atoms with Crippen LogP contribution in [-0.4, -0.2) is 26.5 Å². The van der Waals surface area contributed by atoms with E-state index in [-0.39, 0.29) is 17.5 Å². The number of nitrogens with one attached hydrogen (secondary N) is 1. The molecule has 0 atom stereocenters. The molecule has 7 nitrogen and oxygen atoms in total. The Kier molecular flexibility index (Phi) is 6.10. The first kappa shape index (κ1) is 22.6. The van der Waals surface area contributed by atoms with Crippen LogP contribution in [0.5, 0.6) is 0 Å². The highest BCUT2D eigenvalue weighted by Gasteiger charge is 2.21. The van der Waals surface area contributed by atoms with Crippen LogP contribution in [-0.2, 0) is 6.54 Å². The number of rotatable bonds is 5. The number of carbonyl (C=O) groups is 1. The first-order chi connectivity index (χ1) is 16.4. The monoisotopic (exact) mass is 493 g/mol. The quantitative estimate of drug-likeness (QED) is 0.389. The molecule has 2 aromatic carbocycles. The lowest BCUT2D eigenvalue weighted by Crippen LogP contribution is -2.31. The normalized spacial score (nSPS) is 14.1. The van der Waals surface area contributed by atoms with Crippen molar-refractivity contribution in [2.45, 2.75) is 45.2 Å². The summed E-state index contributed by atoms with van der Waals surface area (Å²) in [6.45, 7) is 2.19. The van der Waals surface area contributed by atoms with Gasteiger partial charge in [0.2, 0.25) is 0 Å². The topological polar surface area (TPSA) is 103 Å². The second kappa shape index (κ2) is 9.19. The zero-order chi connectivity index (χ0) is 23.8. The lowest BCUT2D eigenvalue weighted by atomic mass is 10.1. The molecule has 1 aliphatic carbocycles. The van der Waals surface area contributed by atoms with Crippen LogP contribution < -0.4 is 16.6 Å². The van der Waals surface area contributed by atoms with Crippen LogP contribution in [0.3, 0.4) is 0 Å². The number of nitrogen functional groups attached to an aromatic ring is 1. The number of anilines is 1. The minimum atomic E-state index is -0.161. The van der Waals surface area contributed by atoms with Crippen molar-refractivity contribution in [2.24, 2.45) is 0 Å². The Hall–Kier alpha value is -3.23. The zero-order valence-electron chi connectivity index (χ0n) is 18.7. The summed E-state index contributed by atoms with van der Waals surface area (Å²) in [6.07, 6.45) is 5.93. The molecule has 0 spiro atoms. The van der Waals surface area contributed by atoms with Gasteiger partial charge in [-0.25, -0.2) is 9.97 Å². The van der Waals surface area contributed by atoms with E-state index in [1.165, 1.54) is 11.3 Å². The number of benzene rings is 2. The maximum Gasteiger partial charge on any atom is 0.263 e. The Labute approximate surface area is 205 Å². The van der Waals surface area contributed by atoms with Gasteiger partial charge in [0.1, 0.15) is 15.7 Å². The first-order valence-corrected chi connectivity index (χ1v) is 12.4. The van der Waals surface area contributed by atoms with Crippen molar-refractivity contribution in [3.05, 3.63) is 74.2 Å². The molecule has 0 aliphatic heterocycles. The highest BCUT2D eigenvalue weighted by molar-refractivity contribution is 7.17. The fourth-order valence-corrected chi connectivity index (χ4v) is 5.35. The first-order valence-electron chi connectivity index (χ1n) is 11.2. The molecule has 0 unspecified atom stereocenters. The number of carbonyl (C=O) groups excluding carboxylic acids is 1. The van der Waals surface area contributed by atoms with Gasteiger partial charge in [0.05, 0.1) is 23.6 Å². The number of hydrogen-bond donors (Lipinski definition) is 2. The molecule has 3 N–H and O–H groups in total. The SMILES string of the molecule is Cc1nc2cc(-c3ncc(C(=O)NC4CCCC4)s3)c(N)cc2c(=O)n1Cc1ccc(Cl)cc1. The van der Waals surface area contributed by atoms with Gasteiger partial charge in [0.15, 0.2) is 0 Å². The number of fused-ring (bicyclic) bond motifs is 1. The maximum atomic E-state index is 13.3. The standard InChI is InChI=1S/C25H24ClN5O2S/c1-14-29-21-11-18(24-28-12-22(34-24)23(32)30-17-4-2-3-5-17)20(27)10-19(21)25(33)31(14)13-15-6-8-16(26)9-7-15/h6-12,17H,2-5,13,27H2,1H3,(H,30,32). The Morgan fingerprint density at radius 1 is 1.24 bits per heavy atom. The number of aryl methyl sites for hydroxylation is 1. The molecule has 1 amide bonds. The van der Waals surface area contributed by atoms with E-state index in [2.05, 4.69) is 15.3 Å². The lowest BCUT2D eigenvalue weighted by molar-refractivity contribution is 0.0942. The van der Waals surface area contributed by atoms with Crippen molar-refractivity contribution in [3.63, 3.8) is 0 Å². The molecule has 0 saturated heterocycles. The average Bonchev–Trinajstić information content (AvgIpc) is 3.51. The van der Waals surface area contributed by atoms with Gasteiger partial charge in [-0.2, -0.15) is 0 Å². The Bertz CT molecular complexity index is 1440. The molecular formula is C25H24ClN5O2S. The second-order valence-electron chi connectivity index (χ2n) is 8.62. The molecule has 1 fully saturated rings. The number of halogens is 1. The molecule has 2 aromatic heterocycles. The van der Waals surface area contributed by atoms with Crippen molar-refractivity contribution in [3.8, 4) is 10.6 Å². The molecule has 5 rings (SSSR count). The van der Waals surface area contributed by atoms with Crippen LogP contribution in [0.1, 0.15) is 46.7 Å². The number of aromatic nitrogens is 3. The Balaban J connectivity index is 1.46. The minimum absolute atomic E-state index is 0.103. The van der Waals surface area contributed by atoms with E-state index < -0.39 is 0 Å². The number of hydrogen-bond acceptors (Lipinski definition) is 6. The predicted octanol–water partition coefficient (Wildman–Crippen LogP) is 4.78. The summed E-state index contributed by atoms with van der Waals surface area (Å²) in [5.74, 6) is 0.494. The fraction of sp³-hybridized carbons (Fsp3) is 0.280. The van der Waals surface area contributed by atoms with Crippen LogP contribution in [0.2, 0.25) is 5.02 Å². The highest BCUT2D eigenvalue weighted by atomic mass is 35.5. The van der Waals surface area contributed by atoms with Crippen LogP contribution in [0, 0.1) is 6.92 Å². The molecule has 1 saturated carbocycles. The number of amides is 1. The minimum Gasteiger partial charge on any atom is -0.398 e. The summed E-state index contributed by atoms with van der Waals surface area (Å²) < 4.78 is 1.62. The van der Waals surface area contributed by atoms with E-state index in [1.54, 1.807) is 35.0 Å². The van der Waals surface area contributed by atoms with Gasteiger partial charge >= 0.3 is 0 Å². The van der Waals surface area contributed by atoms with Crippen molar-refractivity contribution < 1.29 is 4.79 Å². The number of nitrogens with zero attached hydrogens (tertiary/aromatic N) is 3. The lowest BCUT2D eigenvalue weighted by Gasteiger charge is -2.12. The molecule has 0 radical (unpaired) electrons. The average molecular weight is 494 g/mol. The van der Waals surface area contributed by atoms with E-state index >= 15 is 0 Å². The molecular weight excluding hydrogens is 470 g/mol. The summed E-state index contributed by atoms with van der Waals surface area (Å²) in [5, 5.41) is 4.80. The predicted molar refractivity (Wildman–Crippen MR) is 137 cm³/mol. The number of thiazole rings is 1. The number of nitrogens with two attached hydrogens (primary N) is 1. The van der Waals surface area contributed by atoms with Crippen molar-refractivity contribution in [2.75, 3.05) is 5.73 Å². The Morgan fingerprint density at radius 2 is 1.97 bits per heavy atom. The van der Waals surface area contributed by atoms with Crippen molar-refractivity contribution in [1.82, 2.24) is 19.9 Å². The molecule has 9 heteroatoms. The third-order valence-electron chi connectivity index (χ3n) is 6.22. The molecule has 34 heavy (non-hydrogen) atoms. The van der Waals surface area contributed by atoms with Gasteiger partial charge in [-0.3, -0.25) is 14.2 Å². The smallest absolute Gasteiger partial charge is 0.263 e. The van der Waals surface area contributed by atoms with Gasteiger partial charge in [-0.15, -0.1) is 11.3 Å². The van der Waals surface area contributed by atoms with Crippen LogP contribution in [0.15, 0.2) is 47.4 Å². The van der Waals surface area contributed by atoms with Crippen LogP contribution in [0.4, 0.5) is 5.69 Å². The summed E-state index contributed by atoms with van der Waals surface area (Å²) in [4.78, 5) is 35.5. The zero-order valence-corrected chi connectivity index (χ0v) is 20.2. The summed E-state index contributed by atoms with van der Waals surface area (Å²) in [5.41, 5.74) is 8.76. The summed E-state index contributed by atoms with van der Waals surface area (Å²) in [7, 11) is 0. The van der Waals surface area contributed by atoms with E-state index in [9.17, 15) is 9.59 Å². The fourth-order valence-electron chi connectivity index (χ4n) is 4.37. The second-order valence-corrected chi connectivity index (χ2v) is 10.1. The third-order valence-corrected chi connectivity index (χ3v) is 7.50. The molecule has 2 heterocycles. The van der Waals surface area contributed by atoms with E-state index in [0.717, 1.165) is 31.2 Å².